The number of hydrogen-bond acceptors (Lipinski definition) is 4. The highest BCUT2D eigenvalue weighted by Gasteiger charge is 2.29. The number of aliphatic carboxylic acids is 1. The number of carbonyl (C=O) groups excluding carboxylic acids is 1. The molecule has 7 nitrogen and oxygen atoms in total. The molecule has 1 aliphatic rings. The minimum Gasteiger partial charge on any atom is -0.479 e. The van der Waals surface area contributed by atoms with Gasteiger partial charge < -0.3 is 20.1 Å². The van der Waals surface area contributed by atoms with Crippen molar-refractivity contribution in [3.05, 3.63) is 24.0 Å². The first-order valence-electron chi connectivity index (χ1n) is 5.90. The van der Waals surface area contributed by atoms with Crippen LogP contribution in [0.5, 0.6) is 0 Å². The minimum absolute atomic E-state index is 0.0421. The van der Waals surface area contributed by atoms with E-state index in [0.717, 1.165) is 0 Å². The second-order valence-corrected chi connectivity index (χ2v) is 4.21. The number of aromatic nitrogens is 1. The fourth-order valence-electron chi connectivity index (χ4n) is 1.79. The van der Waals surface area contributed by atoms with Crippen molar-refractivity contribution in [3.63, 3.8) is 0 Å². The summed E-state index contributed by atoms with van der Waals surface area (Å²) in [5.74, 6) is -1.06. The van der Waals surface area contributed by atoms with Crippen molar-refractivity contribution in [2.45, 2.75) is 13.0 Å². The zero-order chi connectivity index (χ0) is 13.8. The van der Waals surface area contributed by atoms with Gasteiger partial charge in [-0.1, -0.05) is 0 Å². The van der Waals surface area contributed by atoms with Gasteiger partial charge >= 0.3 is 12.0 Å². The van der Waals surface area contributed by atoms with Crippen molar-refractivity contribution in [1.82, 2.24) is 9.88 Å². The first-order valence-corrected chi connectivity index (χ1v) is 5.90. The molecule has 1 atom stereocenters. The number of nitrogens with zero attached hydrogens (tertiary/aromatic N) is 2. The largest absolute Gasteiger partial charge is 0.479 e. The third-order valence-corrected chi connectivity index (χ3v) is 2.88. The number of amides is 2. The zero-order valence-corrected chi connectivity index (χ0v) is 10.5. The topological polar surface area (TPSA) is 91.8 Å². The molecule has 19 heavy (non-hydrogen) atoms. The molecule has 2 rings (SSSR count). The van der Waals surface area contributed by atoms with Crippen LogP contribution in [0.3, 0.4) is 0 Å². The molecule has 0 aliphatic carbocycles. The molecule has 1 unspecified atom stereocenters. The molecule has 1 aromatic rings. The molecule has 0 aromatic carbocycles. The summed E-state index contributed by atoms with van der Waals surface area (Å²) < 4.78 is 5.06. The molecule has 102 valence electrons. The molecule has 0 radical (unpaired) electrons. The van der Waals surface area contributed by atoms with Crippen LogP contribution in [0.15, 0.2) is 18.3 Å². The fourth-order valence-corrected chi connectivity index (χ4v) is 1.79. The number of carboxylic acid groups (broad SMARTS) is 1. The molecule has 2 amide bonds. The lowest BCUT2D eigenvalue weighted by atomic mass is 10.3. The average molecular weight is 265 g/mol. The molecular weight excluding hydrogens is 250 g/mol. The number of anilines is 1. The van der Waals surface area contributed by atoms with Crippen molar-refractivity contribution in [2.24, 2.45) is 0 Å². The lowest BCUT2D eigenvalue weighted by Crippen LogP contribution is -2.50. The summed E-state index contributed by atoms with van der Waals surface area (Å²) in [6.07, 6.45) is 0.676. The molecular formula is C12H15N3O4. The van der Waals surface area contributed by atoms with Crippen LogP contribution >= 0.6 is 0 Å². The van der Waals surface area contributed by atoms with Gasteiger partial charge in [-0.25, -0.2) is 9.59 Å². The van der Waals surface area contributed by atoms with Crippen LogP contribution in [0, 0.1) is 6.92 Å². The third kappa shape index (κ3) is 3.19. The highest BCUT2D eigenvalue weighted by molar-refractivity contribution is 5.90. The van der Waals surface area contributed by atoms with Gasteiger partial charge in [0.2, 0.25) is 0 Å². The van der Waals surface area contributed by atoms with E-state index in [-0.39, 0.29) is 19.2 Å². The van der Waals surface area contributed by atoms with Gasteiger partial charge in [-0.3, -0.25) is 4.98 Å². The number of ether oxygens (including phenoxy) is 1. The number of pyridine rings is 1. The van der Waals surface area contributed by atoms with Gasteiger partial charge in [0, 0.05) is 12.7 Å². The SMILES string of the molecule is Cc1ncccc1NC(=O)N1CCOC(C(=O)O)C1. The number of hydrogen-bond donors (Lipinski definition) is 2. The Labute approximate surface area is 110 Å². The summed E-state index contributed by atoms with van der Waals surface area (Å²) >= 11 is 0. The van der Waals surface area contributed by atoms with Gasteiger partial charge in [-0.05, 0) is 19.1 Å². The Morgan fingerprint density at radius 1 is 1.58 bits per heavy atom. The number of morpholine rings is 1. The lowest BCUT2D eigenvalue weighted by Gasteiger charge is -2.30. The van der Waals surface area contributed by atoms with Gasteiger partial charge in [-0.15, -0.1) is 0 Å². The molecule has 1 saturated heterocycles. The quantitative estimate of drug-likeness (QED) is 0.821. The predicted octanol–water partition coefficient (Wildman–Crippen LogP) is 0.707. The van der Waals surface area contributed by atoms with Crippen LogP contribution in [-0.2, 0) is 9.53 Å². The molecule has 1 fully saturated rings. The predicted molar refractivity (Wildman–Crippen MR) is 66.9 cm³/mol. The molecule has 2 N–H and O–H groups in total. The van der Waals surface area contributed by atoms with E-state index in [2.05, 4.69) is 10.3 Å². The summed E-state index contributed by atoms with van der Waals surface area (Å²) in [7, 11) is 0. The third-order valence-electron chi connectivity index (χ3n) is 2.88. The van der Waals surface area contributed by atoms with Crippen molar-refractivity contribution >= 4 is 17.7 Å². The van der Waals surface area contributed by atoms with Crippen LogP contribution in [0.4, 0.5) is 10.5 Å². The van der Waals surface area contributed by atoms with Crippen molar-refractivity contribution in [1.29, 1.82) is 0 Å². The van der Waals surface area contributed by atoms with Crippen LogP contribution in [0.2, 0.25) is 0 Å². The molecule has 1 aliphatic heterocycles. The fraction of sp³-hybridized carbons (Fsp3) is 0.417. The molecule has 0 bridgehead atoms. The van der Waals surface area contributed by atoms with Crippen LogP contribution in [0.25, 0.3) is 0 Å². The van der Waals surface area contributed by atoms with E-state index in [4.69, 9.17) is 9.84 Å². The number of carbonyl (C=O) groups is 2. The Balaban J connectivity index is 2.00. The summed E-state index contributed by atoms with van der Waals surface area (Å²) in [6, 6.07) is 3.13. The first-order chi connectivity index (χ1) is 9.08. The maximum atomic E-state index is 12.0. The van der Waals surface area contributed by atoms with E-state index in [1.165, 1.54) is 4.90 Å². The maximum Gasteiger partial charge on any atom is 0.334 e. The Hall–Kier alpha value is -2.15. The average Bonchev–Trinajstić information content (AvgIpc) is 2.41. The van der Waals surface area contributed by atoms with Crippen LogP contribution < -0.4 is 5.32 Å². The van der Waals surface area contributed by atoms with Crippen molar-refractivity contribution in [3.8, 4) is 0 Å². The van der Waals surface area contributed by atoms with E-state index in [1.54, 1.807) is 25.3 Å². The van der Waals surface area contributed by atoms with E-state index >= 15 is 0 Å². The van der Waals surface area contributed by atoms with E-state index in [1.807, 2.05) is 0 Å². The van der Waals surface area contributed by atoms with E-state index in [0.29, 0.717) is 17.9 Å². The summed E-state index contributed by atoms with van der Waals surface area (Å²) in [5.41, 5.74) is 1.32. The van der Waals surface area contributed by atoms with Gasteiger partial charge in [0.25, 0.3) is 0 Å². The number of rotatable bonds is 2. The normalized spacial score (nSPS) is 19.0. The maximum absolute atomic E-state index is 12.0. The van der Waals surface area contributed by atoms with Crippen molar-refractivity contribution < 1.29 is 19.4 Å². The Morgan fingerprint density at radius 3 is 3.05 bits per heavy atom. The second kappa shape index (κ2) is 5.66. The second-order valence-electron chi connectivity index (χ2n) is 4.21. The number of aryl methyl sites for hydroxylation is 1. The zero-order valence-electron chi connectivity index (χ0n) is 10.5. The molecule has 1 aromatic heterocycles. The van der Waals surface area contributed by atoms with Gasteiger partial charge in [0.05, 0.1) is 24.5 Å². The Morgan fingerprint density at radius 2 is 2.37 bits per heavy atom. The highest BCUT2D eigenvalue weighted by atomic mass is 16.5. The first kappa shape index (κ1) is 13.3. The number of carboxylic acids is 1. The summed E-state index contributed by atoms with van der Waals surface area (Å²) in [5, 5.41) is 11.6. The van der Waals surface area contributed by atoms with Gasteiger partial charge in [0.1, 0.15) is 0 Å². The smallest absolute Gasteiger partial charge is 0.334 e. The van der Waals surface area contributed by atoms with E-state index < -0.39 is 12.1 Å². The van der Waals surface area contributed by atoms with Gasteiger partial charge in [-0.2, -0.15) is 0 Å². The highest BCUT2D eigenvalue weighted by Crippen LogP contribution is 2.13. The monoisotopic (exact) mass is 265 g/mol. The molecule has 0 saturated carbocycles. The molecule has 2 heterocycles. The van der Waals surface area contributed by atoms with Crippen molar-refractivity contribution in [2.75, 3.05) is 25.0 Å². The minimum atomic E-state index is -1.06. The lowest BCUT2D eigenvalue weighted by molar-refractivity contribution is -0.154. The number of urea groups is 1. The molecule has 7 heteroatoms. The van der Waals surface area contributed by atoms with Crippen LogP contribution in [-0.4, -0.2) is 52.8 Å². The standard InChI is InChI=1S/C12H15N3O4/c1-8-9(3-2-4-13-8)14-12(18)15-5-6-19-10(7-15)11(16)17/h2-4,10H,5-7H2,1H3,(H,14,18)(H,16,17). The number of nitrogens with one attached hydrogen (secondary N) is 1. The van der Waals surface area contributed by atoms with E-state index in [9.17, 15) is 9.59 Å². The van der Waals surface area contributed by atoms with Crippen LogP contribution in [0.1, 0.15) is 5.69 Å². The summed E-state index contributed by atoms with van der Waals surface area (Å²) in [6.45, 7) is 2.42. The Bertz CT molecular complexity index is 492. The summed E-state index contributed by atoms with van der Waals surface area (Å²) in [4.78, 5) is 28.4. The Kier molecular flexibility index (Phi) is 3.96. The van der Waals surface area contributed by atoms with Gasteiger partial charge in [0.15, 0.2) is 6.10 Å². The molecule has 0 spiro atoms.